The molecule has 1 spiro atoms. The Hall–Kier alpha value is -3.53. The van der Waals surface area contributed by atoms with E-state index in [1.54, 1.807) is 24.3 Å². The number of ether oxygens (including phenoxy) is 1. The van der Waals surface area contributed by atoms with Crippen LogP contribution in [0.3, 0.4) is 0 Å². The Morgan fingerprint density at radius 2 is 1.58 bits per heavy atom. The van der Waals surface area contributed by atoms with Gasteiger partial charge in [-0.05, 0) is 47.1 Å². The van der Waals surface area contributed by atoms with Crippen LogP contribution in [0, 0.1) is 11.2 Å². The summed E-state index contributed by atoms with van der Waals surface area (Å²) < 4.78 is 22.7. The summed E-state index contributed by atoms with van der Waals surface area (Å²) in [5, 5.41) is 11.7. The zero-order valence-corrected chi connectivity index (χ0v) is 26.3. The molecule has 3 heterocycles. The second-order valence-electron chi connectivity index (χ2n) is 13.1. The topological polar surface area (TPSA) is 101 Å². The van der Waals surface area contributed by atoms with Crippen LogP contribution in [0.5, 0.6) is 0 Å². The third-order valence-electron chi connectivity index (χ3n) is 10.0. The van der Waals surface area contributed by atoms with E-state index in [9.17, 15) is 10.0 Å². The Kier molecular flexibility index (Phi) is 7.22. The molecular weight excluding hydrogens is 614 g/mol. The first-order valence-electron chi connectivity index (χ1n) is 14.9. The molecule has 232 valence electrons. The molecule has 4 aromatic rings. The van der Waals surface area contributed by atoms with E-state index in [2.05, 4.69) is 29.2 Å². The van der Waals surface area contributed by atoms with E-state index < -0.39 is 47.0 Å². The SMILES string of the molecule is CC1(C)CC2(C1)N1[C@H](c3ccccc3)[C@H](c3ccccc3)OC(=O)[C@H]1C(c1cccc(Cl)c1F)[C@]2(NO)c1ccc(Cl)nc1N. The number of fused-ring (bicyclic) bond motifs is 2. The van der Waals surface area contributed by atoms with Crippen LogP contribution in [-0.2, 0) is 15.1 Å². The van der Waals surface area contributed by atoms with Crippen molar-refractivity contribution >= 4 is 35.0 Å². The van der Waals surface area contributed by atoms with E-state index in [0.29, 0.717) is 18.4 Å². The van der Waals surface area contributed by atoms with Crippen LogP contribution in [0.25, 0.3) is 0 Å². The highest BCUT2D eigenvalue weighted by atomic mass is 35.5. The number of carbonyl (C=O) groups is 1. The lowest BCUT2D eigenvalue weighted by Crippen LogP contribution is -2.72. The molecule has 0 bridgehead atoms. The van der Waals surface area contributed by atoms with Gasteiger partial charge in [0.05, 0.1) is 16.6 Å². The standard InChI is InChI=1S/C35H33Cl2FN4O3/c1-33(2)18-34(19-33)35(41-44,23-16-17-25(37)40-31(23)39)26(22-14-9-15-24(36)27(22)38)29-32(43)45-30(21-12-7-4-8-13-21)28(42(29)34)20-10-5-3-6-11-20/h3-17,26,28-30,41,44H,18-19H2,1-2H3,(H2,39,40)/t26?,28-,29-,30+,35-/m1/s1. The normalized spacial score (nSPS) is 28.4. The van der Waals surface area contributed by atoms with Crippen molar-refractivity contribution in [3.63, 3.8) is 0 Å². The molecule has 45 heavy (non-hydrogen) atoms. The van der Waals surface area contributed by atoms with Gasteiger partial charge >= 0.3 is 5.97 Å². The highest BCUT2D eigenvalue weighted by Gasteiger charge is 2.79. The summed E-state index contributed by atoms with van der Waals surface area (Å²) >= 11 is 12.7. The summed E-state index contributed by atoms with van der Waals surface area (Å²) in [4.78, 5) is 21.1. The number of nitrogens with one attached hydrogen (secondary N) is 1. The first-order valence-corrected chi connectivity index (χ1v) is 15.7. The summed E-state index contributed by atoms with van der Waals surface area (Å²) in [5.74, 6) is -2.21. The Bertz CT molecular complexity index is 1770. The summed E-state index contributed by atoms with van der Waals surface area (Å²) in [6.45, 7) is 4.28. The number of nitrogens with two attached hydrogens (primary N) is 1. The summed E-state index contributed by atoms with van der Waals surface area (Å²) in [6, 6.07) is 25.9. The largest absolute Gasteiger partial charge is 0.454 e. The smallest absolute Gasteiger partial charge is 0.324 e. The van der Waals surface area contributed by atoms with Crippen molar-refractivity contribution in [2.75, 3.05) is 5.73 Å². The third-order valence-corrected chi connectivity index (χ3v) is 10.5. The first kappa shape index (κ1) is 30.1. The number of nitrogens with zero attached hydrogens (tertiary/aromatic N) is 2. The lowest BCUT2D eigenvalue weighted by Gasteiger charge is -2.64. The van der Waals surface area contributed by atoms with Crippen LogP contribution < -0.4 is 11.2 Å². The molecular formula is C35H33Cl2FN4O3. The van der Waals surface area contributed by atoms with Crippen LogP contribution in [0.2, 0.25) is 10.2 Å². The highest BCUT2D eigenvalue weighted by molar-refractivity contribution is 6.30. The molecule has 7 nitrogen and oxygen atoms in total. The predicted octanol–water partition coefficient (Wildman–Crippen LogP) is 7.35. The third kappa shape index (κ3) is 4.34. The summed E-state index contributed by atoms with van der Waals surface area (Å²) in [6.07, 6.45) is 0.365. The number of pyridine rings is 1. The lowest BCUT2D eigenvalue weighted by molar-refractivity contribution is -0.200. The monoisotopic (exact) mass is 646 g/mol. The summed E-state index contributed by atoms with van der Waals surface area (Å²) in [7, 11) is 0. The molecule has 5 atom stereocenters. The van der Waals surface area contributed by atoms with Crippen LogP contribution in [0.4, 0.5) is 10.2 Å². The maximum absolute atomic E-state index is 16.3. The van der Waals surface area contributed by atoms with Gasteiger partial charge in [0.15, 0.2) is 0 Å². The average Bonchev–Trinajstić information content (AvgIpc) is 3.26. The number of esters is 1. The van der Waals surface area contributed by atoms with Crippen molar-refractivity contribution in [2.45, 2.75) is 61.9 Å². The van der Waals surface area contributed by atoms with E-state index in [1.165, 1.54) is 6.07 Å². The molecule has 1 saturated carbocycles. The number of benzene rings is 3. The average molecular weight is 648 g/mol. The molecule has 1 aromatic heterocycles. The molecule has 4 N–H and O–H groups in total. The molecule has 1 aliphatic carbocycles. The maximum Gasteiger partial charge on any atom is 0.324 e. The van der Waals surface area contributed by atoms with Gasteiger partial charge in [0.25, 0.3) is 0 Å². The van der Waals surface area contributed by atoms with E-state index in [4.69, 9.17) is 33.7 Å². The van der Waals surface area contributed by atoms with Crippen LogP contribution in [0.1, 0.15) is 67.0 Å². The fourth-order valence-electron chi connectivity index (χ4n) is 8.72. The molecule has 3 fully saturated rings. The second-order valence-corrected chi connectivity index (χ2v) is 13.9. The second kappa shape index (κ2) is 10.8. The Labute approximate surface area is 271 Å². The van der Waals surface area contributed by atoms with Gasteiger partial charge in [0.2, 0.25) is 0 Å². The van der Waals surface area contributed by atoms with Crippen molar-refractivity contribution in [3.8, 4) is 0 Å². The van der Waals surface area contributed by atoms with Gasteiger partial charge < -0.3 is 15.7 Å². The number of hydrogen-bond donors (Lipinski definition) is 3. The minimum Gasteiger partial charge on any atom is -0.454 e. The molecule has 2 aliphatic heterocycles. The van der Waals surface area contributed by atoms with Gasteiger partial charge in [-0.2, -0.15) is 5.48 Å². The number of carbonyl (C=O) groups excluding carboxylic acids is 1. The Morgan fingerprint density at radius 3 is 2.18 bits per heavy atom. The van der Waals surface area contributed by atoms with Gasteiger partial charge in [0, 0.05) is 17.0 Å². The van der Waals surface area contributed by atoms with Crippen LogP contribution in [0.15, 0.2) is 91.0 Å². The van der Waals surface area contributed by atoms with Crippen molar-refractivity contribution in [1.29, 1.82) is 0 Å². The van der Waals surface area contributed by atoms with Gasteiger partial charge in [-0.3, -0.25) is 9.69 Å². The molecule has 2 saturated heterocycles. The van der Waals surface area contributed by atoms with Crippen LogP contribution in [-0.4, -0.2) is 32.6 Å². The van der Waals surface area contributed by atoms with Crippen molar-refractivity contribution < 1.29 is 19.1 Å². The highest BCUT2D eigenvalue weighted by Crippen LogP contribution is 2.72. The van der Waals surface area contributed by atoms with Crippen molar-refractivity contribution in [2.24, 2.45) is 5.41 Å². The Morgan fingerprint density at radius 1 is 0.933 bits per heavy atom. The van der Waals surface area contributed by atoms with Gasteiger partial charge in [-0.25, -0.2) is 9.37 Å². The number of rotatable bonds is 5. The number of hydroxylamine groups is 1. The minimum absolute atomic E-state index is 0.0599. The summed E-state index contributed by atoms with van der Waals surface area (Å²) in [5.41, 5.74) is 8.84. The number of hydrogen-bond acceptors (Lipinski definition) is 7. The van der Waals surface area contributed by atoms with Crippen LogP contribution >= 0.6 is 23.2 Å². The minimum atomic E-state index is -1.54. The number of cyclic esters (lactones) is 1. The van der Waals surface area contributed by atoms with E-state index >= 15 is 4.39 Å². The first-order chi connectivity index (χ1) is 21.5. The van der Waals surface area contributed by atoms with Gasteiger partial charge in [0.1, 0.15) is 28.9 Å². The van der Waals surface area contributed by atoms with Gasteiger partial charge in [-0.15, -0.1) is 0 Å². The molecule has 10 heteroatoms. The number of halogens is 3. The molecule has 0 amide bonds. The zero-order chi connectivity index (χ0) is 31.7. The van der Waals surface area contributed by atoms with Crippen molar-refractivity contribution in [3.05, 3.63) is 129 Å². The number of nitrogen functional groups attached to an aromatic ring is 1. The van der Waals surface area contributed by atoms with Crippen molar-refractivity contribution in [1.82, 2.24) is 15.4 Å². The zero-order valence-electron chi connectivity index (χ0n) is 24.8. The molecule has 7 rings (SSSR count). The van der Waals surface area contributed by atoms with E-state index in [1.807, 2.05) is 60.7 Å². The molecule has 3 aliphatic rings. The molecule has 1 unspecified atom stereocenters. The number of aromatic nitrogens is 1. The maximum atomic E-state index is 16.3. The fourth-order valence-corrected chi connectivity index (χ4v) is 9.06. The lowest BCUT2D eigenvalue weighted by atomic mass is 9.49. The fraction of sp³-hybridized carbons (Fsp3) is 0.314. The Balaban J connectivity index is 1.59. The number of anilines is 1. The molecule has 3 aromatic carbocycles. The number of morpholine rings is 1. The predicted molar refractivity (Wildman–Crippen MR) is 170 cm³/mol. The van der Waals surface area contributed by atoms with E-state index in [0.717, 1.165) is 11.1 Å². The van der Waals surface area contributed by atoms with E-state index in [-0.39, 0.29) is 27.0 Å². The van der Waals surface area contributed by atoms with Gasteiger partial charge in [-0.1, -0.05) is 116 Å². The molecule has 0 radical (unpaired) electrons. The quantitative estimate of drug-likeness (QED) is 0.118.